The maximum atomic E-state index is 13.1. The topological polar surface area (TPSA) is 92.9 Å². The van der Waals surface area contributed by atoms with Gasteiger partial charge in [0.2, 0.25) is 0 Å². The third kappa shape index (κ3) is 4.00. The summed E-state index contributed by atoms with van der Waals surface area (Å²) in [6, 6.07) is 3.38. The fraction of sp³-hybridized carbons (Fsp3) is 0.400. The lowest BCUT2D eigenvalue weighted by atomic mass is 9.93. The Balaban J connectivity index is 1.58. The summed E-state index contributed by atoms with van der Waals surface area (Å²) in [4.78, 5) is 20.7. The Hall–Kier alpha value is -3.01. The van der Waals surface area contributed by atoms with Gasteiger partial charge in [0.15, 0.2) is 0 Å². The lowest BCUT2D eigenvalue weighted by molar-refractivity contribution is -0.137. The van der Waals surface area contributed by atoms with Crippen LogP contribution >= 0.6 is 0 Å². The normalized spacial score (nSPS) is 19.8. The smallest absolute Gasteiger partial charge is 0.393 e. The van der Waals surface area contributed by atoms with Crippen LogP contribution in [-0.4, -0.2) is 42.9 Å². The van der Waals surface area contributed by atoms with Gasteiger partial charge in [-0.3, -0.25) is 4.79 Å². The van der Waals surface area contributed by atoms with Gasteiger partial charge in [0.25, 0.3) is 11.9 Å². The van der Waals surface area contributed by atoms with E-state index >= 15 is 0 Å². The molecule has 0 spiro atoms. The first-order chi connectivity index (χ1) is 14.2. The van der Waals surface area contributed by atoms with E-state index in [1.807, 2.05) is 0 Å². The number of aryl methyl sites for hydroxylation is 1. The number of fused-ring (bicyclic) bond motifs is 1. The van der Waals surface area contributed by atoms with E-state index in [-0.39, 0.29) is 35.1 Å². The monoisotopic (exact) mass is 419 g/mol. The van der Waals surface area contributed by atoms with E-state index in [0.29, 0.717) is 36.8 Å². The van der Waals surface area contributed by atoms with Crippen LogP contribution in [0.4, 0.5) is 13.2 Å². The number of amides is 1. The highest BCUT2D eigenvalue weighted by Gasteiger charge is 2.31. The van der Waals surface area contributed by atoms with E-state index in [4.69, 9.17) is 0 Å². The zero-order valence-corrected chi connectivity index (χ0v) is 16.1. The zero-order chi connectivity index (χ0) is 21.5. The minimum absolute atomic E-state index is 0.0147. The Labute approximate surface area is 169 Å². The summed E-state index contributed by atoms with van der Waals surface area (Å²) in [5.74, 6) is -0.256. The summed E-state index contributed by atoms with van der Waals surface area (Å²) in [6.45, 7) is 1.69. The van der Waals surface area contributed by atoms with E-state index in [1.54, 1.807) is 6.92 Å². The SMILES string of the molecule is Cc1nn(-c2ncc(C(=O)NC3CCC(O)CC3)cn2)c2cc(C(F)(F)F)ccc12. The van der Waals surface area contributed by atoms with Crippen molar-refractivity contribution in [2.24, 2.45) is 0 Å². The third-order valence-electron chi connectivity index (χ3n) is 5.31. The van der Waals surface area contributed by atoms with Crippen molar-refractivity contribution in [3.63, 3.8) is 0 Å². The maximum absolute atomic E-state index is 13.1. The molecule has 0 aliphatic heterocycles. The lowest BCUT2D eigenvalue weighted by Gasteiger charge is -2.26. The van der Waals surface area contributed by atoms with Gasteiger partial charge in [0.1, 0.15) is 0 Å². The average Bonchev–Trinajstić information content (AvgIpc) is 3.05. The molecule has 7 nitrogen and oxygen atoms in total. The van der Waals surface area contributed by atoms with Gasteiger partial charge in [-0.25, -0.2) is 9.97 Å². The molecular formula is C20H20F3N5O2. The molecular weight excluding hydrogens is 399 g/mol. The van der Waals surface area contributed by atoms with E-state index in [0.717, 1.165) is 12.1 Å². The van der Waals surface area contributed by atoms with Gasteiger partial charge in [-0.2, -0.15) is 23.0 Å². The van der Waals surface area contributed by atoms with Gasteiger partial charge in [-0.1, -0.05) is 6.07 Å². The number of hydrogen-bond acceptors (Lipinski definition) is 5. The number of hydrogen-bond donors (Lipinski definition) is 2. The van der Waals surface area contributed by atoms with Crippen LogP contribution < -0.4 is 5.32 Å². The molecule has 0 bridgehead atoms. The van der Waals surface area contributed by atoms with Crippen LogP contribution in [-0.2, 0) is 6.18 Å². The highest BCUT2D eigenvalue weighted by atomic mass is 19.4. The predicted octanol–water partition coefficient (Wildman–Crippen LogP) is 3.18. The molecule has 158 valence electrons. The highest BCUT2D eigenvalue weighted by Crippen LogP contribution is 2.32. The summed E-state index contributed by atoms with van der Waals surface area (Å²) in [6.07, 6.45) is 0.550. The second-order valence-corrected chi connectivity index (χ2v) is 7.48. The number of nitrogens with one attached hydrogen (secondary N) is 1. The van der Waals surface area contributed by atoms with Crippen LogP contribution in [0.3, 0.4) is 0 Å². The summed E-state index contributed by atoms with van der Waals surface area (Å²) < 4.78 is 40.5. The number of rotatable bonds is 3. The molecule has 0 saturated heterocycles. The minimum atomic E-state index is -4.48. The van der Waals surface area contributed by atoms with Crippen molar-refractivity contribution in [3.8, 4) is 5.95 Å². The quantitative estimate of drug-likeness (QED) is 0.680. The highest BCUT2D eigenvalue weighted by molar-refractivity contribution is 5.93. The molecule has 30 heavy (non-hydrogen) atoms. The van der Waals surface area contributed by atoms with Gasteiger partial charge in [0.05, 0.1) is 28.4 Å². The number of aromatic nitrogens is 4. The number of benzene rings is 1. The number of nitrogens with zero attached hydrogens (tertiary/aromatic N) is 4. The molecule has 0 radical (unpaired) electrons. The number of alkyl halides is 3. The van der Waals surface area contributed by atoms with Gasteiger partial charge in [-0.05, 0) is 44.7 Å². The Bertz CT molecular complexity index is 1070. The molecule has 1 aliphatic rings. The van der Waals surface area contributed by atoms with Crippen LogP contribution in [0.1, 0.15) is 47.3 Å². The molecule has 2 N–H and O–H groups in total. The van der Waals surface area contributed by atoms with Crippen LogP contribution in [0.25, 0.3) is 16.9 Å². The van der Waals surface area contributed by atoms with Crippen molar-refractivity contribution in [1.29, 1.82) is 0 Å². The number of halogens is 3. The number of aliphatic hydroxyl groups is 1. The fourth-order valence-electron chi connectivity index (χ4n) is 3.64. The lowest BCUT2D eigenvalue weighted by Crippen LogP contribution is -2.38. The van der Waals surface area contributed by atoms with Crippen LogP contribution in [0.2, 0.25) is 0 Å². The van der Waals surface area contributed by atoms with Gasteiger partial charge in [0, 0.05) is 23.8 Å². The number of carbonyl (C=O) groups is 1. The molecule has 2 heterocycles. The maximum Gasteiger partial charge on any atom is 0.416 e. The summed E-state index contributed by atoms with van der Waals surface area (Å²) in [7, 11) is 0. The van der Waals surface area contributed by atoms with Crippen molar-refractivity contribution in [2.45, 2.75) is 50.9 Å². The molecule has 10 heteroatoms. The van der Waals surface area contributed by atoms with Crippen LogP contribution in [0.5, 0.6) is 0 Å². The van der Waals surface area contributed by atoms with Gasteiger partial charge < -0.3 is 10.4 Å². The van der Waals surface area contributed by atoms with Crippen molar-refractivity contribution in [2.75, 3.05) is 0 Å². The van der Waals surface area contributed by atoms with Gasteiger partial charge >= 0.3 is 6.18 Å². The summed E-state index contributed by atoms with van der Waals surface area (Å²) in [5.41, 5.74) is 0.239. The Morgan fingerprint density at radius 3 is 2.47 bits per heavy atom. The molecule has 4 rings (SSSR count). The van der Waals surface area contributed by atoms with E-state index < -0.39 is 11.7 Å². The Morgan fingerprint density at radius 2 is 1.83 bits per heavy atom. The molecule has 3 aromatic rings. The predicted molar refractivity (Wildman–Crippen MR) is 102 cm³/mol. The first-order valence-corrected chi connectivity index (χ1v) is 9.60. The first-order valence-electron chi connectivity index (χ1n) is 9.60. The number of carbonyl (C=O) groups excluding carboxylic acids is 1. The van der Waals surface area contributed by atoms with E-state index in [2.05, 4.69) is 20.4 Å². The van der Waals surface area contributed by atoms with Crippen molar-refractivity contribution < 1.29 is 23.1 Å². The molecule has 1 amide bonds. The molecule has 2 aromatic heterocycles. The summed E-state index contributed by atoms with van der Waals surface area (Å²) >= 11 is 0. The summed E-state index contributed by atoms with van der Waals surface area (Å²) in [5, 5.41) is 17.3. The number of aliphatic hydroxyl groups excluding tert-OH is 1. The zero-order valence-electron chi connectivity index (χ0n) is 16.1. The average molecular weight is 419 g/mol. The second kappa shape index (κ2) is 7.67. The minimum Gasteiger partial charge on any atom is -0.393 e. The largest absolute Gasteiger partial charge is 0.416 e. The third-order valence-corrected chi connectivity index (χ3v) is 5.31. The molecule has 0 atom stereocenters. The standard InChI is InChI=1S/C20H20F3N5O2/c1-11-16-7-2-13(20(21,22)23)8-17(16)28(27-11)19-24-9-12(10-25-19)18(30)26-14-3-5-15(29)6-4-14/h2,7-10,14-15,29H,3-6H2,1H3,(H,26,30). The second-order valence-electron chi connectivity index (χ2n) is 7.48. The molecule has 0 unspecified atom stereocenters. The molecule has 1 saturated carbocycles. The first kappa shape index (κ1) is 20.3. The van der Waals surface area contributed by atoms with Crippen LogP contribution in [0, 0.1) is 6.92 Å². The van der Waals surface area contributed by atoms with Gasteiger partial charge in [-0.15, -0.1) is 0 Å². The van der Waals surface area contributed by atoms with E-state index in [1.165, 1.54) is 23.1 Å². The Kier molecular flexibility index (Phi) is 5.19. The fourth-order valence-corrected chi connectivity index (χ4v) is 3.64. The molecule has 1 fully saturated rings. The van der Waals surface area contributed by atoms with Crippen molar-refractivity contribution >= 4 is 16.8 Å². The van der Waals surface area contributed by atoms with Crippen LogP contribution in [0.15, 0.2) is 30.6 Å². The van der Waals surface area contributed by atoms with Crippen molar-refractivity contribution in [1.82, 2.24) is 25.1 Å². The van der Waals surface area contributed by atoms with Crippen molar-refractivity contribution in [3.05, 3.63) is 47.4 Å². The molecule has 1 aromatic carbocycles. The Morgan fingerprint density at radius 1 is 1.17 bits per heavy atom. The molecule has 1 aliphatic carbocycles. The van der Waals surface area contributed by atoms with E-state index in [9.17, 15) is 23.1 Å².